The first-order chi connectivity index (χ1) is 19.8. The van der Waals surface area contributed by atoms with E-state index in [9.17, 15) is 14.0 Å². The summed E-state index contributed by atoms with van der Waals surface area (Å²) in [5.74, 6) is -0.162. The van der Waals surface area contributed by atoms with Crippen LogP contribution in [-0.2, 0) is 23.3 Å². The Morgan fingerprint density at radius 2 is 1.88 bits per heavy atom. The van der Waals surface area contributed by atoms with Gasteiger partial charge in [0.25, 0.3) is 17.7 Å². The molecule has 1 aliphatic carbocycles. The van der Waals surface area contributed by atoms with Crippen molar-refractivity contribution >= 4 is 22.8 Å². The Kier molecular flexibility index (Phi) is 6.63. The molecule has 9 nitrogen and oxygen atoms in total. The van der Waals surface area contributed by atoms with Crippen LogP contribution in [0.15, 0.2) is 69.6 Å². The van der Waals surface area contributed by atoms with Crippen molar-refractivity contribution in [2.24, 2.45) is 5.73 Å². The fourth-order valence-corrected chi connectivity index (χ4v) is 4.97. The summed E-state index contributed by atoms with van der Waals surface area (Å²) in [6.45, 7) is 2.21. The number of furan rings is 1. The number of primary amides is 1. The molecule has 1 saturated carbocycles. The third-order valence-corrected chi connectivity index (χ3v) is 7.36. The lowest BCUT2D eigenvalue weighted by Crippen LogP contribution is -2.35. The van der Waals surface area contributed by atoms with Gasteiger partial charge in [-0.25, -0.2) is 4.39 Å². The molecule has 1 fully saturated rings. The number of amides is 2. The van der Waals surface area contributed by atoms with Gasteiger partial charge in [0.1, 0.15) is 29.3 Å². The van der Waals surface area contributed by atoms with Crippen LogP contribution < -0.4 is 11.1 Å². The van der Waals surface area contributed by atoms with E-state index < -0.39 is 17.3 Å². The molecule has 0 spiro atoms. The normalized spacial score (nSPS) is 13.8. The van der Waals surface area contributed by atoms with Gasteiger partial charge in [0, 0.05) is 23.6 Å². The summed E-state index contributed by atoms with van der Waals surface area (Å²) in [5, 5.41) is 7.55. The lowest BCUT2D eigenvalue weighted by Gasteiger charge is -2.14. The lowest BCUT2D eigenvalue weighted by molar-refractivity contribution is 0.0919. The van der Waals surface area contributed by atoms with E-state index in [0.29, 0.717) is 58.8 Å². The molecule has 0 unspecified atom stereocenters. The Balaban J connectivity index is 1.26. The zero-order chi connectivity index (χ0) is 28.7. The second-order valence-corrected chi connectivity index (χ2v) is 10.3. The SMILES string of the molecule is COCc1noc(C2(NC(=O)c3ccc(C)c(Cc4ccc5oc(-c6ccc(F)cc6)c(C(N)=O)c5c4)c3)CC2)n1. The first kappa shape index (κ1) is 26.4. The number of nitrogens with zero attached hydrogens (tertiary/aromatic N) is 2. The second kappa shape index (κ2) is 10.3. The number of methoxy groups -OCH3 is 1. The number of rotatable bonds is 9. The first-order valence-corrected chi connectivity index (χ1v) is 13.1. The molecule has 0 radical (unpaired) electrons. The van der Waals surface area contributed by atoms with Crippen molar-refractivity contribution in [1.82, 2.24) is 15.5 Å². The quantitative estimate of drug-likeness (QED) is 0.256. The van der Waals surface area contributed by atoms with Crippen LogP contribution in [0.2, 0.25) is 0 Å². The van der Waals surface area contributed by atoms with E-state index in [0.717, 1.165) is 16.7 Å². The van der Waals surface area contributed by atoms with Crippen LogP contribution in [0.25, 0.3) is 22.3 Å². The number of nitrogens with one attached hydrogen (secondary N) is 1. The Hall–Kier alpha value is -4.83. The maximum Gasteiger partial charge on any atom is 0.253 e. The van der Waals surface area contributed by atoms with Crippen LogP contribution in [0.3, 0.4) is 0 Å². The van der Waals surface area contributed by atoms with Gasteiger partial charge in [-0.3, -0.25) is 9.59 Å². The average Bonchev–Trinajstić information content (AvgIpc) is 3.39. The molecular formula is C31H27FN4O5. The largest absolute Gasteiger partial charge is 0.455 e. The fourth-order valence-electron chi connectivity index (χ4n) is 4.97. The monoisotopic (exact) mass is 554 g/mol. The highest BCUT2D eigenvalue weighted by Gasteiger charge is 2.51. The number of nitrogens with two attached hydrogens (primary N) is 1. The number of aryl methyl sites for hydroxylation is 1. The zero-order valence-electron chi connectivity index (χ0n) is 22.5. The highest BCUT2D eigenvalue weighted by molar-refractivity contribution is 6.10. The molecule has 2 aromatic heterocycles. The van der Waals surface area contributed by atoms with Crippen LogP contribution in [0.5, 0.6) is 0 Å². The van der Waals surface area contributed by atoms with E-state index in [1.807, 2.05) is 31.2 Å². The molecule has 3 N–H and O–H groups in total. The van der Waals surface area contributed by atoms with Gasteiger partial charge in [-0.15, -0.1) is 0 Å². The zero-order valence-corrected chi connectivity index (χ0v) is 22.5. The number of halogens is 1. The van der Waals surface area contributed by atoms with Crippen molar-refractivity contribution in [2.75, 3.05) is 7.11 Å². The van der Waals surface area contributed by atoms with E-state index in [1.165, 1.54) is 12.1 Å². The number of hydrogen-bond acceptors (Lipinski definition) is 7. The summed E-state index contributed by atoms with van der Waals surface area (Å²) < 4.78 is 29.9. The van der Waals surface area contributed by atoms with Crippen LogP contribution in [0, 0.1) is 12.7 Å². The maximum atomic E-state index is 13.5. The minimum Gasteiger partial charge on any atom is -0.455 e. The molecule has 1 aliphatic rings. The molecule has 10 heteroatoms. The number of hydrogen-bond donors (Lipinski definition) is 2. The second-order valence-electron chi connectivity index (χ2n) is 10.3. The summed E-state index contributed by atoms with van der Waals surface area (Å²) in [6.07, 6.45) is 1.92. The van der Waals surface area contributed by atoms with Crippen LogP contribution >= 0.6 is 0 Å². The highest BCUT2D eigenvalue weighted by atomic mass is 19.1. The Labute approximate surface area is 234 Å². The number of benzene rings is 3. The molecule has 0 atom stereocenters. The number of fused-ring (bicyclic) bond motifs is 1. The summed E-state index contributed by atoms with van der Waals surface area (Å²) in [4.78, 5) is 30.1. The smallest absolute Gasteiger partial charge is 0.253 e. The van der Waals surface area contributed by atoms with Gasteiger partial charge in [0.2, 0.25) is 0 Å². The van der Waals surface area contributed by atoms with Gasteiger partial charge in [-0.2, -0.15) is 4.98 Å². The standard InChI is InChI=1S/C31H27FN4O5/c1-17-3-5-20(29(38)35-31(11-12-31)30-34-25(16-39-2)36-41-30)15-21(17)13-18-4-10-24-23(14-18)26(28(33)37)27(40-24)19-6-8-22(32)9-7-19/h3-10,14-15H,11-13,16H2,1-2H3,(H2,33,37)(H,35,38). The van der Waals surface area contributed by atoms with Crippen LogP contribution in [-0.4, -0.2) is 29.1 Å². The summed E-state index contributed by atoms with van der Waals surface area (Å²) in [6, 6.07) is 16.8. The van der Waals surface area contributed by atoms with Gasteiger partial charge in [0.15, 0.2) is 5.82 Å². The highest BCUT2D eigenvalue weighted by Crippen LogP contribution is 2.45. The molecule has 6 rings (SSSR count). The molecule has 0 bridgehead atoms. The number of carbonyl (C=O) groups excluding carboxylic acids is 2. The van der Waals surface area contributed by atoms with Gasteiger partial charge < -0.3 is 24.7 Å². The maximum absolute atomic E-state index is 13.5. The molecule has 3 aromatic carbocycles. The molecular weight excluding hydrogens is 527 g/mol. The molecule has 41 heavy (non-hydrogen) atoms. The predicted molar refractivity (Wildman–Crippen MR) is 148 cm³/mol. The molecule has 208 valence electrons. The number of aromatic nitrogens is 2. The first-order valence-electron chi connectivity index (χ1n) is 13.1. The van der Waals surface area contributed by atoms with Gasteiger partial charge >= 0.3 is 0 Å². The predicted octanol–water partition coefficient (Wildman–Crippen LogP) is 5.19. The summed E-state index contributed by atoms with van der Waals surface area (Å²) in [7, 11) is 1.55. The van der Waals surface area contributed by atoms with Crippen molar-refractivity contribution in [2.45, 2.75) is 38.3 Å². The van der Waals surface area contributed by atoms with Crippen LogP contribution in [0.1, 0.15) is 62.0 Å². The third-order valence-electron chi connectivity index (χ3n) is 7.36. The molecule has 5 aromatic rings. The molecule has 0 saturated heterocycles. The molecule has 0 aliphatic heterocycles. The number of ether oxygens (including phenoxy) is 1. The number of carbonyl (C=O) groups is 2. The van der Waals surface area contributed by atoms with Crippen molar-refractivity contribution in [1.29, 1.82) is 0 Å². The Morgan fingerprint density at radius 3 is 2.59 bits per heavy atom. The molecule has 2 amide bonds. The Bertz CT molecular complexity index is 1790. The van der Waals surface area contributed by atoms with E-state index in [4.69, 9.17) is 19.4 Å². The van der Waals surface area contributed by atoms with E-state index in [-0.39, 0.29) is 18.1 Å². The minimum absolute atomic E-state index is 0.230. The minimum atomic E-state index is -0.666. The fraction of sp³-hybridized carbons (Fsp3) is 0.226. The summed E-state index contributed by atoms with van der Waals surface area (Å²) in [5.41, 5.74) is 9.74. The van der Waals surface area contributed by atoms with Crippen molar-refractivity contribution < 1.29 is 27.7 Å². The third kappa shape index (κ3) is 5.09. The van der Waals surface area contributed by atoms with E-state index in [1.54, 1.807) is 31.4 Å². The van der Waals surface area contributed by atoms with E-state index in [2.05, 4.69) is 15.5 Å². The van der Waals surface area contributed by atoms with Crippen molar-refractivity contribution in [3.8, 4) is 11.3 Å². The van der Waals surface area contributed by atoms with Gasteiger partial charge in [-0.05, 0) is 91.4 Å². The lowest BCUT2D eigenvalue weighted by atomic mass is 9.96. The van der Waals surface area contributed by atoms with Gasteiger partial charge in [-0.1, -0.05) is 17.3 Å². The van der Waals surface area contributed by atoms with Crippen LogP contribution in [0.4, 0.5) is 4.39 Å². The van der Waals surface area contributed by atoms with E-state index >= 15 is 0 Å². The summed E-state index contributed by atoms with van der Waals surface area (Å²) >= 11 is 0. The van der Waals surface area contributed by atoms with Gasteiger partial charge in [0.05, 0.1) is 5.56 Å². The topological polar surface area (TPSA) is 133 Å². The van der Waals surface area contributed by atoms with Crippen molar-refractivity contribution in [3.05, 3.63) is 106 Å². The average molecular weight is 555 g/mol. The molecule has 2 heterocycles. The Morgan fingerprint density at radius 1 is 1.10 bits per heavy atom. The van der Waals surface area contributed by atoms with Crippen molar-refractivity contribution in [3.63, 3.8) is 0 Å².